The lowest BCUT2D eigenvalue weighted by Gasteiger charge is -2.47. The van der Waals surface area contributed by atoms with E-state index >= 15 is 0 Å². The third-order valence-corrected chi connectivity index (χ3v) is 18.2. The molecule has 6 aliphatic heterocycles. The topological polar surface area (TPSA) is 140 Å². The van der Waals surface area contributed by atoms with Crippen LogP contribution in [0, 0.1) is 21.7 Å². The summed E-state index contributed by atoms with van der Waals surface area (Å²) in [7, 11) is 0. The number of aliphatic imine (C=N–C) groups is 3. The van der Waals surface area contributed by atoms with Gasteiger partial charge in [-0.2, -0.15) is 0 Å². The summed E-state index contributed by atoms with van der Waals surface area (Å²) >= 11 is 0. The number of ether oxygens (including phenoxy) is 8. The Morgan fingerprint density at radius 1 is 0.529 bits per heavy atom. The second-order valence-corrected chi connectivity index (χ2v) is 28.2. The fraction of sp³-hybridized carbons (Fsp3) is 0.514. The summed E-state index contributed by atoms with van der Waals surface area (Å²) in [6.45, 7) is 32.6. The number of hydrogen-bond donors (Lipinski definition) is 1. The zero-order chi connectivity index (χ0) is 61.8. The van der Waals surface area contributed by atoms with E-state index in [-0.39, 0.29) is 48.6 Å². The molecule has 1 N–H and O–H groups in total. The fourth-order valence-electron chi connectivity index (χ4n) is 12.9. The molecule has 87 heavy (non-hydrogen) atoms. The van der Waals surface area contributed by atoms with Gasteiger partial charge in [0.05, 0.1) is 111 Å². The van der Waals surface area contributed by atoms with E-state index in [4.69, 9.17) is 52.9 Å². The minimum atomic E-state index is -0.745. The average molecular weight is 1180 g/mol. The van der Waals surface area contributed by atoms with Gasteiger partial charge in [0.15, 0.2) is 0 Å². The number of hydrogen-bond acceptors (Lipinski definition) is 12. The largest absolute Gasteiger partial charge is 0.375 e. The molecule has 4 aromatic carbocycles. The van der Waals surface area contributed by atoms with Crippen molar-refractivity contribution < 1.29 is 42.7 Å². The van der Waals surface area contributed by atoms with Crippen molar-refractivity contribution in [2.45, 2.75) is 208 Å². The van der Waals surface area contributed by atoms with Gasteiger partial charge < -0.3 is 43.2 Å². The standard InChI is InChI=1S/C74H94N4O9/c1-49-59(80-43-52-26-18-14-19-27-52)36-61(82-45-54-30-22-16-23-31-54)67(86-49)73(12)40-57(75-51(73)3)34-56-39-71(10,47-84-69(4,5)6)64(76-56)38-65-74(13,41-58(77-65)35-63-72(11,42-66(79)78-63)48-85-70(7,8)9)68-62(83-46-55-32-24-17-25-33-55)37-60(50(2)87-68)81-44-53-28-20-15-21-29-53/h14-35,38,49-50,59-62,67-68H,3,36-37,39-48H2,1-2,4-13H3,(H,78,79)/b56-34-,63-35-,65-38-/t49-,50-,59-,60-,61-,62-,67-,68-,71?,72?,73-,74-/m1/s1. The number of nitrogens with zero attached hydrogens (tertiary/aromatic N) is 3. The van der Waals surface area contributed by atoms with Crippen LogP contribution in [-0.2, 0) is 69.1 Å². The first-order valence-corrected chi connectivity index (χ1v) is 31.4. The molecule has 0 saturated carbocycles. The van der Waals surface area contributed by atoms with Crippen LogP contribution in [0.1, 0.15) is 144 Å². The predicted molar refractivity (Wildman–Crippen MR) is 344 cm³/mol. The monoisotopic (exact) mass is 1180 g/mol. The van der Waals surface area contributed by atoms with Gasteiger partial charge in [0.2, 0.25) is 5.91 Å². The molecule has 13 nitrogen and oxygen atoms in total. The number of carbonyl (C=O) groups is 1. The Morgan fingerprint density at radius 3 is 1.40 bits per heavy atom. The van der Waals surface area contributed by atoms with Gasteiger partial charge in [-0.25, -0.2) is 0 Å². The minimum absolute atomic E-state index is 0.0430. The van der Waals surface area contributed by atoms with Crippen molar-refractivity contribution in [3.05, 3.63) is 191 Å². The quantitative estimate of drug-likeness (QED) is 0.0863. The van der Waals surface area contributed by atoms with Crippen molar-refractivity contribution >= 4 is 23.0 Å². The second-order valence-electron chi connectivity index (χ2n) is 28.2. The van der Waals surface area contributed by atoms with Gasteiger partial charge in [0, 0.05) is 88.7 Å². The van der Waals surface area contributed by atoms with Crippen molar-refractivity contribution in [1.82, 2.24) is 5.32 Å². The number of benzene rings is 4. The maximum atomic E-state index is 13.4. The molecular formula is C74H94N4O9. The SMILES string of the molecule is C=C1N=C(/C=C2/CC(C)(COC(C)(C)C)C(/C=C3N=C(/C=C4\NC(=O)CC4(C)COC(C)(C)C)C[C@@]\3(C)[C@@H]3O[C@H](C)[C@H](OCc4ccccc4)C[C@H]3OCc3ccccc3)=N2)C[C@@]1(C)[C@@H]1O[C@H](C)[C@H](OCc2ccccc2)C[C@H]1OCc1ccccc1. The summed E-state index contributed by atoms with van der Waals surface area (Å²) in [6.07, 6.45) is 7.29. The van der Waals surface area contributed by atoms with Gasteiger partial charge in [-0.3, -0.25) is 19.8 Å². The average Bonchev–Trinajstić information content (AvgIpc) is 1.70. The molecule has 6 aliphatic rings. The number of carbonyl (C=O) groups excluding carboxylic acids is 1. The van der Waals surface area contributed by atoms with E-state index in [1.54, 1.807) is 0 Å². The van der Waals surface area contributed by atoms with Gasteiger partial charge in [0.25, 0.3) is 0 Å². The molecular weight excluding hydrogens is 1090 g/mol. The van der Waals surface area contributed by atoms with Gasteiger partial charge in [-0.05, 0) is 95.9 Å². The van der Waals surface area contributed by atoms with Crippen LogP contribution in [0.3, 0.4) is 0 Å². The maximum absolute atomic E-state index is 13.4. The van der Waals surface area contributed by atoms with E-state index in [0.717, 1.165) is 62.2 Å². The van der Waals surface area contributed by atoms with Gasteiger partial charge in [-0.15, -0.1) is 0 Å². The molecule has 0 radical (unpaired) electrons. The molecule has 3 fully saturated rings. The summed E-state index contributed by atoms with van der Waals surface area (Å²) in [4.78, 5) is 29.8. The molecule has 2 unspecified atom stereocenters. The van der Waals surface area contributed by atoms with Crippen LogP contribution in [0.25, 0.3) is 0 Å². The first kappa shape index (κ1) is 64.0. The van der Waals surface area contributed by atoms with Crippen molar-refractivity contribution in [2.75, 3.05) is 13.2 Å². The van der Waals surface area contributed by atoms with Crippen molar-refractivity contribution in [2.24, 2.45) is 36.6 Å². The molecule has 0 aromatic heterocycles. The highest BCUT2D eigenvalue weighted by Crippen LogP contribution is 2.51. The first-order chi connectivity index (χ1) is 41.3. The normalized spacial score (nSPS) is 32.7. The summed E-state index contributed by atoms with van der Waals surface area (Å²) in [5, 5.41) is 3.22. The fourth-order valence-corrected chi connectivity index (χ4v) is 12.9. The molecule has 4 aromatic rings. The summed E-state index contributed by atoms with van der Waals surface area (Å²) in [5.41, 5.74) is 6.88. The lowest BCUT2D eigenvalue weighted by atomic mass is 9.72. The third-order valence-electron chi connectivity index (χ3n) is 18.2. The Bertz CT molecular complexity index is 3240. The van der Waals surface area contributed by atoms with E-state index in [1.807, 2.05) is 93.6 Å². The zero-order valence-electron chi connectivity index (χ0n) is 53.6. The third kappa shape index (κ3) is 15.7. The Hall–Kier alpha value is -6.00. The summed E-state index contributed by atoms with van der Waals surface area (Å²) < 4.78 is 54.8. The predicted octanol–water partition coefficient (Wildman–Crippen LogP) is 14.6. The van der Waals surface area contributed by atoms with Crippen LogP contribution >= 0.6 is 0 Å². The van der Waals surface area contributed by atoms with E-state index in [2.05, 4.69) is 141 Å². The number of nitrogens with one attached hydrogen (secondary N) is 1. The van der Waals surface area contributed by atoms with Gasteiger partial charge in [-0.1, -0.05) is 156 Å². The molecule has 0 spiro atoms. The van der Waals surface area contributed by atoms with Crippen LogP contribution in [0.5, 0.6) is 0 Å². The summed E-state index contributed by atoms with van der Waals surface area (Å²) in [6, 6.07) is 41.1. The molecule has 6 heterocycles. The Kier molecular flexibility index (Phi) is 19.6. The van der Waals surface area contributed by atoms with Gasteiger partial charge in [0.1, 0.15) is 0 Å². The molecule has 1 amide bonds. The molecule has 10 rings (SSSR count). The van der Waals surface area contributed by atoms with Gasteiger partial charge >= 0.3 is 0 Å². The highest BCUT2D eigenvalue weighted by atomic mass is 16.6. The van der Waals surface area contributed by atoms with E-state index in [9.17, 15) is 4.79 Å². The molecule has 13 heteroatoms. The zero-order valence-corrected chi connectivity index (χ0v) is 53.6. The van der Waals surface area contributed by atoms with Crippen molar-refractivity contribution in [3.63, 3.8) is 0 Å². The lowest BCUT2D eigenvalue weighted by molar-refractivity contribution is -0.220. The summed E-state index contributed by atoms with van der Waals surface area (Å²) in [5.74, 6) is -0.0430. The highest BCUT2D eigenvalue weighted by molar-refractivity contribution is 6.07. The van der Waals surface area contributed by atoms with Crippen LogP contribution in [0.15, 0.2) is 184 Å². The van der Waals surface area contributed by atoms with Crippen LogP contribution in [0.2, 0.25) is 0 Å². The van der Waals surface area contributed by atoms with Crippen molar-refractivity contribution in [1.29, 1.82) is 0 Å². The highest BCUT2D eigenvalue weighted by Gasteiger charge is 2.54. The van der Waals surface area contributed by atoms with Crippen LogP contribution in [-0.4, -0.2) is 96.3 Å². The lowest BCUT2D eigenvalue weighted by Crippen LogP contribution is -2.54. The van der Waals surface area contributed by atoms with E-state index in [0.29, 0.717) is 78.2 Å². The van der Waals surface area contributed by atoms with E-state index < -0.39 is 39.0 Å². The molecule has 0 aliphatic carbocycles. The van der Waals surface area contributed by atoms with Crippen molar-refractivity contribution in [3.8, 4) is 0 Å². The maximum Gasteiger partial charge on any atom is 0.225 e. The number of rotatable bonds is 21. The second kappa shape index (κ2) is 26.6. The minimum Gasteiger partial charge on any atom is -0.375 e. The first-order valence-electron chi connectivity index (χ1n) is 31.4. The Balaban J connectivity index is 0.997. The van der Waals surface area contributed by atoms with Crippen LogP contribution in [0.4, 0.5) is 0 Å². The smallest absolute Gasteiger partial charge is 0.225 e. The van der Waals surface area contributed by atoms with E-state index in [1.165, 1.54) is 0 Å². The molecule has 464 valence electrons. The Morgan fingerprint density at radius 2 is 0.943 bits per heavy atom. The number of amides is 1. The molecule has 3 saturated heterocycles. The molecule has 0 bridgehead atoms. The Labute approximate surface area is 517 Å². The van der Waals surface area contributed by atoms with Crippen LogP contribution < -0.4 is 5.32 Å². The molecule has 12 atom stereocenters. The number of allylic oxidation sites excluding steroid dienone is 4.